The number of halogens is 2. The van der Waals surface area contributed by atoms with E-state index in [2.05, 4.69) is 15.9 Å². The molecule has 0 radical (unpaired) electrons. The molecule has 0 saturated carbocycles. The molecule has 1 amide bonds. The van der Waals surface area contributed by atoms with Gasteiger partial charge in [-0.1, -0.05) is 6.07 Å². The number of alkyl halides is 1. The zero-order valence-corrected chi connectivity index (χ0v) is 12.8. The van der Waals surface area contributed by atoms with Crippen molar-refractivity contribution >= 4 is 33.4 Å². The largest absolute Gasteiger partial charge is 0.338 e. The maximum Gasteiger partial charge on any atom is 0.255 e. The second-order valence-corrected chi connectivity index (χ2v) is 6.10. The molecule has 4 heteroatoms. The van der Waals surface area contributed by atoms with Gasteiger partial charge in [-0.05, 0) is 59.3 Å². The second kappa shape index (κ2) is 6.07. The fourth-order valence-electron chi connectivity index (χ4n) is 2.37. The van der Waals surface area contributed by atoms with Crippen LogP contribution < -0.4 is 0 Å². The van der Waals surface area contributed by atoms with Gasteiger partial charge in [-0.15, -0.1) is 11.6 Å². The van der Waals surface area contributed by atoms with Crippen molar-refractivity contribution in [1.82, 2.24) is 4.90 Å². The first-order valence-electron chi connectivity index (χ1n) is 6.23. The molecule has 1 heterocycles. The van der Waals surface area contributed by atoms with Gasteiger partial charge < -0.3 is 4.90 Å². The van der Waals surface area contributed by atoms with Crippen LogP contribution in [0.1, 0.15) is 28.8 Å². The molecule has 0 aliphatic carbocycles. The number of carbonyl (C=O) groups is 1. The van der Waals surface area contributed by atoms with Crippen LogP contribution in [0.4, 0.5) is 0 Å². The minimum Gasteiger partial charge on any atom is -0.338 e. The fraction of sp³-hybridized carbons (Fsp3) is 0.500. The van der Waals surface area contributed by atoms with Gasteiger partial charge >= 0.3 is 0 Å². The normalized spacial score (nSPS) is 19.3. The zero-order valence-electron chi connectivity index (χ0n) is 10.5. The summed E-state index contributed by atoms with van der Waals surface area (Å²) in [7, 11) is 0. The van der Waals surface area contributed by atoms with Gasteiger partial charge in [-0.2, -0.15) is 0 Å². The average Bonchev–Trinajstić information content (AvgIpc) is 2.77. The van der Waals surface area contributed by atoms with Gasteiger partial charge in [0, 0.05) is 23.4 Å². The van der Waals surface area contributed by atoms with Crippen molar-refractivity contribution < 1.29 is 4.79 Å². The quantitative estimate of drug-likeness (QED) is 0.771. The van der Waals surface area contributed by atoms with Crippen LogP contribution in [0.25, 0.3) is 0 Å². The Balaban J connectivity index is 2.08. The van der Waals surface area contributed by atoms with E-state index in [1.807, 2.05) is 30.0 Å². The summed E-state index contributed by atoms with van der Waals surface area (Å²) in [6, 6.07) is 5.86. The van der Waals surface area contributed by atoms with Crippen molar-refractivity contribution in [2.24, 2.45) is 5.92 Å². The maximum absolute atomic E-state index is 12.4. The van der Waals surface area contributed by atoms with Crippen LogP contribution in [-0.2, 0) is 0 Å². The van der Waals surface area contributed by atoms with Crippen molar-refractivity contribution in [3.63, 3.8) is 0 Å². The molecule has 1 aromatic carbocycles. The average molecular weight is 331 g/mol. The molecule has 1 aliphatic rings. The number of likely N-dealkylation sites (tertiary alicyclic amines) is 1. The summed E-state index contributed by atoms with van der Waals surface area (Å²) in [5.74, 6) is 1.37. The standard InChI is InChI=1S/C14H17BrClNO/c1-10-2-3-12(13(15)8-10)14(18)17-7-5-11(9-17)4-6-16/h2-3,8,11H,4-7,9H2,1H3. The topological polar surface area (TPSA) is 20.3 Å². The van der Waals surface area contributed by atoms with E-state index in [-0.39, 0.29) is 5.91 Å². The van der Waals surface area contributed by atoms with Crippen LogP contribution >= 0.6 is 27.5 Å². The van der Waals surface area contributed by atoms with E-state index in [1.54, 1.807) is 0 Å². The predicted molar refractivity (Wildman–Crippen MR) is 78.2 cm³/mol. The summed E-state index contributed by atoms with van der Waals surface area (Å²) in [6.45, 7) is 3.71. The Hall–Kier alpha value is -0.540. The van der Waals surface area contributed by atoms with E-state index in [9.17, 15) is 4.79 Å². The van der Waals surface area contributed by atoms with Crippen molar-refractivity contribution in [2.45, 2.75) is 19.8 Å². The lowest BCUT2D eigenvalue weighted by Gasteiger charge is -2.17. The molecule has 1 unspecified atom stereocenters. The number of hydrogen-bond acceptors (Lipinski definition) is 1. The van der Waals surface area contributed by atoms with Crippen molar-refractivity contribution in [3.8, 4) is 0 Å². The molecule has 18 heavy (non-hydrogen) atoms. The van der Waals surface area contributed by atoms with Crippen LogP contribution in [0, 0.1) is 12.8 Å². The molecule has 0 aromatic heterocycles. The number of aryl methyl sites for hydroxylation is 1. The summed E-state index contributed by atoms with van der Waals surface area (Å²) in [5.41, 5.74) is 1.91. The molecular weight excluding hydrogens is 314 g/mol. The molecule has 0 N–H and O–H groups in total. The number of hydrogen-bond donors (Lipinski definition) is 0. The SMILES string of the molecule is Cc1ccc(C(=O)N2CCC(CCCl)C2)c(Br)c1. The van der Waals surface area contributed by atoms with Gasteiger partial charge in [-0.3, -0.25) is 4.79 Å². The van der Waals surface area contributed by atoms with Gasteiger partial charge in [0.1, 0.15) is 0 Å². The molecule has 1 aromatic rings. The predicted octanol–water partition coefficient (Wildman–Crippen LogP) is 3.85. The number of rotatable bonds is 3. The Morgan fingerprint density at radius 2 is 2.33 bits per heavy atom. The van der Waals surface area contributed by atoms with Crippen LogP contribution in [-0.4, -0.2) is 29.8 Å². The van der Waals surface area contributed by atoms with Crippen LogP contribution in [0.5, 0.6) is 0 Å². The third-order valence-electron chi connectivity index (χ3n) is 3.45. The molecule has 2 nitrogen and oxygen atoms in total. The molecule has 1 aliphatic heterocycles. The molecule has 1 saturated heterocycles. The van der Waals surface area contributed by atoms with Crippen LogP contribution in [0.3, 0.4) is 0 Å². The van der Waals surface area contributed by atoms with Crippen molar-refractivity contribution in [1.29, 1.82) is 0 Å². The molecular formula is C14H17BrClNO. The lowest BCUT2D eigenvalue weighted by Crippen LogP contribution is -2.29. The highest BCUT2D eigenvalue weighted by atomic mass is 79.9. The number of benzene rings is 1. The van der Waals surface area contributed by atoms with Crippen molar-refractivity contribution in [2.75, 3.05) is 19.0 Å². The summed E-state index contributed by atoms with van der Waals surface area (Å²) in [4.78, 5) is 14.3. The van der Waals surface area contributed by atoms with E-state index in [1.165, 1.54) is 0 Å². The van der Waals surface area contributed by atoms with E-state index in [4.69, 9.17) is 11.6 Å². The Labute approximate surface area is 121 Å². The molecule has 98 valence electrons. The van der Waals surface area contributed by atoms with Gasteiger partial charge in [-0.25, -0.2) is 0 Å². The summed E-state index contributed by atoms with van der Waals surface area (Å²) >= 11 is 9.23. The smallest absolute Gasteiger partial charge is 0.255 e. The molecule has 1 fully saturated rings. The summed E-state index contributed by atoms with van der Waals surface area (Å²) in [6.07, 6.45) is 2.07. The summed E-state index contributed by atoms with van der Waals surface area (Å²) in [5, 5.41) is 0. The van der Waals surface area contributed by atoms with Crippen LogP contribution in [0.2, 0.25) is 0 Å². The maximum atomic E-state index is 12.4. The number of nitrogens with zero attached hydrogens (tertiary/aromatic N) is 1. The molecule has 0 spiro atoms. The van der Waals surface area contributed by atoms with E-state index in [0.29, 0.717) is 11.8 Å². The van der Waals surface area contributed by atoms with Gasteiger partial charge in [0.2, 0.25) is 0 Å². The Morgan fingerprint density at radius 3 is 3.00 bits per heavy atom. The first-order chi connectivity index (χ1) is 8.61. The van der Waals surface area contributed by atoms with E-state index < -0.39 is 0 Å². The third-order valence-corrected chi connectivity index (χ3v) is 4.32. The monoisotopic (exact) mass is 329 g/mol. The van der Waals surface area contributed by atoms with E-state index in [0.717, 1.165) is 41.5 Å². The first-order valence-corrected chi connectivity index (χ1v) is 7.56. The highest BCUT2D eigenvalue weighted by Gasteiger charge is 2.27. The third kappa shape index (κ3) is 3.07. The number of carbonyl (C=O) groups excluding carboxylic acids is 1. The number of amides is 1. The minimum absolute atomic E-state index is 0.124. The van der Waals surface area contributed by atoms with Gasteiger partial charge in [0.25, 0.3) is 5.91 Å². The van der Waals surface area contributed by atoms with Gasteiger partial charge in [0.15, 0.2) is 0 Å². The molecule has 1 atom stereocenters. The van der Waals surface area contributed by atoms with Gasteiger partial charge in [0.05, 0.1) is 5.56 Å². The Bertz CT molecular complexity index is 449. The summed E-state index contributed by atoms with van der Waals surface area (Å²) < 4.78 is 0.883. The Kier molecular flexibility index (Phi) is 4.68. The highest BCUT2D eigenvalue weighted by Crippen LogP contribution is 2.25. The lowest BCUT2D eigenvalue weighted by atomic mass is 10.1. The van der Waals surface area contributed by atoms with E-state index >= 15 is 0 Å². The first kappa shape index (κ1) is 13.9. The zero-order chi connectivity index (χ0) is 13.1. The second-order valence-electron chi connectivity index (χ2n) is 4.87. The lowest BCUT2D eigenvalue weighted by molar-refractivity contribution is 0.0786. The van der Waals surface area contributed by atoms with Crippen molar-refractivity contribution in [3.05, 3.63) is 33.8 Å². The minimum atomic E-state index is 0.124. The fourth-order valence-corrected chi connectivity index (χ4v) is 3.34. The highest BCUT2D eigenvalue weighted by molar-refractivity contribution is 9.10. The van der Waals surface area contributed by atoms with Crippen LogP contribution in [0.15, 0.2) is 22.7 Å². The molecule has 2 rings (SSSR count). The molecule has 0 bridgehead atoms. The Morgan fingerprint density at radius 1 is 1.56 bits per heavy atom.